The fourth-order valence-electron chi connectivity index (χ4n) is 3.64. The maximum absolute atomic E-state index is 10.4. The lowest BCUT2D eigenvalue weighted by molar-refractivity contribution is 0.0389. The number of aliphatic hydroxyl groups excluding tert-OH is 1. The zero-order valence-corrected chi connectivity index (χ0v) is 12.6. The minimum atomic E-state index is -0.0965. The van der Waals surface area contributed by atoms with Crippen molar-refractivity contribution in [1.29, 1.82) is 0 Å². The number of aliphatic hydroxyl groups is 1. The van der Waals surface area contributed by atoms with E-state index in [-0.39, 0.29) is 6.10 Å². The van der Waals surface area contributed by atoms with Crippen LogP contribution in [0.4, 0.5) is 0 Å². The van der Waals surface area contributed by atoms with Gasteiger partial charge in [0.15, 0.2) is 0 Å². The summed E-state index contributed by atoms with van der Waals surface area (Å²) in [7, 11) is 0. The molecule has 0 aromatic heterocycles. The molecule has 112 valence electrons. The first-order valence-electron chi connectivity index (χ1n) is 8.46. The first-order chi connectivity index (χ1) is 9.31. The highest BCUT2D eigenvalue weighted by Crippen LogP contribution is 2.24. The third-order valence-electron chi connectivity index (χ3n) is 4.83. The molecule has 0 amide bonds. The third kappa shape index (κ3) is 4.73. The van der Waals surface area contributed by atoms with E-state index in [9.17, 15) is 5.11 Å². The lowest BCUT2D eigenvalue weighted by atomic mass is 10.0. The largest absolute Gasteiger partial charge is 0.391 e. The number of hydrogen-bond acceptors (Lipinski definition) is 3. The van der Waals surface area contributed by atoms with E-state index in [1.54, 1.807) is 0 Å². The number of rotatable bonds is 6. The lowest BCUT2D eigenvalue weighted by Gasteiger charge is -2.35. The van der Waals surface area contributed by atoms with E-state index in [1.165, 1.54) is 57.9 Å². The highest BCUT2D eigenvalue weighted by atomic mass is 16.3. The van der Waals surface area contributed by atoms with Crippen LogP contribution in [0.5, 0.6) is 0 Å². The Labute approximate surface area is 118 Å². The lowest BCUT2D eigenvalue weighted by Crippen LogP contribution is -2.48. The zero-order chi connectivity index (χ0) is 13.5. The maximum atomic E-state index is 10.4. The van der Waals surface area contributed by atoms with Crippen molar-refractivity contribution in [2.24, 2.45) is 0 Å². The summed E-state index contributed by atoms with van der Waals surface area (Å²) in [6.45, 7) is 5.74. The number of nitrogens with one attached hydrogen (secondary N) is 1. The van der Waals surface area contributed by atoms with E-state index in [2.05, 4.69) is 17.1 Å². The van der Waals surface area contributed by atoms with Gasteiger partial charge in [-0.05, 0) is 45.2 Å². The molecule has 0 aromatic rings. The number of unbranched alkanes of at least 4 members (excludes halogenated alkanes) is 1. The van der Waals surface area contributed by atoms with Crippen LogP contribution in [0.25, 0.3) is 0 Å². The molecule has 1 aliphatic carbocycles. The Kier molecular flexibility index (Phi) is 6.62. The molecule has 3 atom stereocenters. The van der Waals surface area contributed by atoms with Crippen molar-refractivity contribution in [2.45, 2.75) is 82.9 Å². The summed E-state index contributed by atoms with van der Waals surface area (Å²) in [5, 5.41) is 14.0. The van der Waals surface area contributed by atoms with E-state index < -0.39 is 0 Å². The standard InChI is InChI=1S/C16H32N2O/c1-2-3-12-18(13-14-8-7-11-17-14)15-9-5-4-6-10-16(15)19/h14-17,19H,2-13H2,1H3. The summed E-state index contributed by atoms with van der Waals surface area (Å²) in [4.78, 5) is 2.60. The van der Waals surface area contributed by atoms with Gasteiger partial charge in [-0.1, -0.05) is 32.6 Å². The molecule has 3 nitrogen and oxygen atoms in total. The summed E-state index contributed by atoms with van der Waals surface area (Å²) in [6, 6.07) is 1.07. The van der Waals surface area contributed by atoms with Gasteiger partial charge in [-0.25, -0.2) is 0 Å². The van der Waals surface area contributed by atoms with Crippen LogP contribution in [-0.4, -0.2) is 47.8 Å². The van der Waals surface area contributed by atoms with E-state index in [4.69, 9.17) is 0 Å². The highest BCUT2D eigenvalue weighted by molar-refractivity contribution is 4.86. The van der Waals surface area contributed by atoms with Crippen LogP contribution >= 0.6 is 0 Å². The van der Waals surface area contributed by atoms with Crippen molar-refractivity contribution in [3.05, 3.63) is 0 Å². The van der Waals surface area contributed by atoms with Gasteiger partial charge in [0.25, 0.3) is 0 Å². The Morgan fingerprint density at radius 3 is 2.68 bits per heavy atom. The first-order valence-corrected chi connectivity index (χ1v) is 8.46. The number of nitrogens with zero attached hydrogens (tertiary/aromatic N) is 1. The van der Waals surface area contributed by atoms with Gasteiger partial charge in [-0.3, -0.25) is 4.90 Å². The smallest absolute Gasteiger partial charge is 0.0695 e. The van der Waals surface area contributed by atoms with Crippen molar-refractivity contribution in [1.82, 2.24) is 10.2 Å². The van der Waals surface area contributed by atoms with Crippen molar-refractivity contribution in [2.75, 3.05) is 19.6 Å². The molecule has 3 unspecified atom stereocenters. The predicted octanol–water partition coefficient (Wildman–Crippen LogP) is 2.53. The van der Waals surface area contributed by atoms with Crippen LogP contribution in [-0.2, 0) is 0 Å². The van der Waals surface area contributed by atoms with Crippen molar-refractivity contribution in [3.8, 4) is 0 Å². The second-order valence-corrected chi connectivity index (χ2v) is 6.41. The van der Waals surface area contributed by atoms with E-state index >= 15 is 0 Å². The summed E-state index contributed by atoms with van der Waals surface area (Å²) >= 11 is 0. The maximum Gasteiger partial charge on any atom is 0.0695 e. The molecule has 0 spiro atoms. The second kappa shape index (κ2) is 8.23. The quantitative estimate of drug-likeness (QED) is 0.727. The van der Waals surface area contributed by atoms with Gasteiger partial charge in [0.05, 0.1) is 6.10 Å². The molecule has 2 aliphatic rings. The molecule has 3 heteroatoms. The molecule has 1 saturated heterocycles. The fourth-order valence-corrected chi connectivity index (χ4v) is 3.64. The molecule has 2 rings (SSSR count). The Balaban J connectivity index is 1.92. The van der Waals surface area contributed by atoms with Gasteiger partial charge in [-0.2, -0.15) is 0 Å². The number of hydrogen-bond donors (Lipinski definition) is 2. The molecule has 2 N–H and O–H groups in total. The summed E-state index contributed by atoms with van der Waals surface area (Å²) in [5.41, 5.74) is 0. The molecule has 1 heterocycles. The van der Waals surface area contributed by atoms with Crippen molar-refractivity contribution in [3.63, 3.8) is 0 Å². The van der Waals surface area contributed by atoms with E-state index in [0.717, 1.165) is 19.5 Å². The zero-order valence-electron chi connectivity index (χ0n) is 12.6. The topological polar surface area (TPSA) is 35.5 Å². The molecule has 19 heavy (non-hydrogen) atoms. The fraction of sp³-hybridized carbons (Fsp3) is 1.00. The molecule has 1 aliphatic heterocycles. The van der Waals surface area contributed by atoms with Gasteiger partial charge < -0.3 is 10.4 Å². The Hall–Kier alpha value is -0.120. The Morgan fingerprint density at radius 1 is 1.11 bits per heavy atom. The Morgan fingerprint density at radius 2 is 1.95 bits per heavy atom. The van der Waals surface area contributed by atoms with Crippen LogP contribution in [0.1, 0.15) is 64.7 Å². The molecule has 0 bridgehead atoms. The molecule has 0 radical (unpaired) electrons. The van der Waals surface area contributed by atoms with E-state index in [1.807, 2.05) is 0 Å². The minimum absolute atomic E-state index is 0.0965. The third-order valence-corrected chi connectivity index (χ3v) is 4.83. The van der Waals surface area contributed by atoms with Crippen LogP contribution in [0.3, 0.4) is 0 Å². The summed E-state index contributed by atoms with van der Waals surface area (Å²) in [6.07, 6.45) is 11.0. The Bertz CT molecular complexity index is 241. The van der Waals surface area contributed by atoms with E-state index in [0.29, 0.717) is 12.1 Å². The van der Waals surface area contributed by atoms with Gasteiger partial charge in [0.2, 0.25) is 0 Å². The second-order valence-electron chi connectivity index (χ2n) is 6.41. The van der Waals surface area contributed by atoms with Gasteiger partial charge in [0.1, 0.15) is 0 Å². The molecule has 2 fully saturated rings. The van der Waals surface area contributed by atoms with Crippen molar-refractivity contribution >= 4 is 0 Å². The summed E-state index contributed by atoms with van der Waals surface area (Å²) < 4.78 is 0. The molecule has 1 saturated carbocycles. The van der Waals surface area contributed by atoms with Crippen LogP contribution < -0.4 is 5.32 Å². The average Bonchev–Trinajstić information content (AvgIpc) is 2.83. The molecular weight excluding hydrogens is 236 g/mol. The van der Waals surface area contributed by atoms with Crippen molar-refractivity contribution < 1.29 is 5.11 Å². The van der Waals surface area contributed by atoms with Gasteiger partial charge in [-0.15, -0.1) is 0 Å². The molecular formula is C16H32N2O. The normalized spacial score (nSPS) is 32.7. The van der Waals surface area contributed by atoms with Crippen LogP contribution in [0, 0.1) is 0 Å². The SMILES string of the molecule is CCCCN(CC1CCCN1)C1CCCCCC1O. The molecule has 0 aromatic carbocycles. The minimum Gasteiger partial charge on any atom is -0.391 e. The monoisotopic (exact) mass is 268 g/mol. The van der Waals surface area contributed by atoms with Crippen LogP contribution in [0.15, 0.2) is 0 Å². The highest BCUT2D eigenvalue weighted by Gasteiger charge is 2.29. The summed E-state index contributed by atoms with van der Waals surface area (Å²) in [5.74, 6) is 0. The van der Waals surface area contributed by atoms with Gasteiger partial charge >= 0.3 is 0 Å². The first kappa shape index (κ1) is 15.3. The van der Waals surface area contributed by atoms with Gasteiger partial charge in [0, 0.05) is 18.6 Å². The van der Waals surface area contributed by atoms with Crippen LogP contribution in [0.2, 0.25) is 0 Å². The predicted molar refractivity (Wildman–Crippen MR) is 80.4 cm³/mol. The average molecular weight is 268 g/mol.